The van der Waals surface area contributed by atoms with Gasteiger partial charge in [-0.15, -0.1) is 0 Å². The van der Waals surface area contributed by atoms with Crippen molar-refractivity contribution in [3.8, 4) is 5.75 Å². The second-order valence-electron chi connectivity index (χ2n) is 4.33. The number of carbonyl (C=O) groups is 1. The number of phenols is 1. The quantitative estimate of drug-likeness (QED) is 0.652. The van der Waals surface area contributed by atoms with Crippen LogP contribution < -0.4 is 0 Å². The molecule has 96 valence electrons. The zero-order chi connectivity index (χ0) is 13.8. The minimum atomic E-state index is -1.02. The van der Waals surface area contributed by atoms with Gasteiger partial charge >= 0.3 is 5.97 Å². The Morgan fingerprint density at radius 1 is 1.11 bits per heavy atom. The van der Waals surface area contributed by atoms with Crippen LogP contribution in [0.3, 0.4) is 0 Å². The molecule has 0 saturated carbocycles. The van der Waals surface area contributed by atoms with Gasteiger partial charge in [0, 0.05) is 0 Å². The summed E-state index contributed by atoms with van der Waals surface area (Å²) in [5.74, 6) is -0.971. The molecule has 0 heterocycles. The first-order valence-corrected chi connectivity index (χ1v) is 5.87. The Bertz CT molecular complexity index is 642. The van der Waals surface area contributed by atoms with Gasteiger partial charge in [0.1, 0.15) is 5.75 Å². The van der Waals surface area contributed by atoms with Gasteiger partial charge in [-0.2, -0.15) is 0 Å². The SMILES string of the molecule is Cc1cccc(/C=C(\C(=O)O)c2cccc(O)c2)c1. The summed E-state index contributed by atoms with van der Waals surface area (Å²) in [6.45, 7) is 1.95. The monoisotopic (exact) mass is 254 g/mol. The molecule has 0 radical (unpaired) electrons. The topological polar surface area (TPSA) is 57.5 Å². The highest BCUT2D eigenvalue weighted by Crippen LogP contribution is 2.22. The fourth-order valence-corrected chi connectivity index (χ4v) is 1.87. The molecule has 0 aliphatic rings. The number of aryl methyl sites for hydroxylation is 1. The Morgan fingerprint density at radius 3 is 2.47 bits per heavy atom. The lowest BCUT2D eigenvalue weighted by atomic mass is 10.0. The predicted octanol–water partition coefficient (Wildman–Crippen LogP) is 3.33. The van der Waals surface area contributed by atoms with Crippen molar-refractivity contribution in [2.75, 3.05) is 0 Å². The number of aromatic hydroxyl groups is 1. The fourth-order valence-electron chi connectivity index (χ4n) is 1.87. The van der Waals surface area contributed by atoms with E-state index >= 15 is 0 Å². The van der Waals surface area contributed by atoms with Crippen molar-refractivity contribution in [1.29, 1.82) is 0 Å². The van der Waals surface area contributed by atoms with Gasteiger partial charge in [0.2, 0.25) is 0 Å². The number of phenolic OH excluding ortho intramolecular Hbond substituents is 1. The van der Waals surface area contributed by atoms with E-state index < -0.39 is 5.97 Å². The summed E-state index contributed by atoms with van der Waals surface area (Å²) >= 11 is 0. The number of aliphatic carboxylic acids is 1. The molecule has 0 saturated heterocycles. The normalized spacial score (nSPS) is 11.3. The van der Waals surface area contributed by atoms with Crippen LogP contribution in [0.4, 0.5) is 0 Å². The summed E-state index contributed by atoms with van der Waals surface area (Å²) in [4.78, 5) is 11.4. The van der Waals surface area contributed by atoms with Gasteiger partial charge in [0.05, 0.1) is 5.57 Å². The van der Waals surface area contributed by atoms with Crippen LogP contribution in [0.15, 0.2) is 48.5 Å². The Labute approximate surface area is 111 Å². The minimum Gasteiger partial charge on any atom is -0.508 e. The lowest BCUT2D eigenvalue weighted by Crippen LogP contribution is -1.99. The summed E-state index contributed by atoms with van der Waals surface area (Å²) in [6, 6.07) is 13.8. The highest BCUT2D eigenvalue weighted by molar-refractivity contribution is 6.20. The van der Waals surface area contributed by atoms with Gasteiger partial charge in [-0.05, 0) is 36.3 Å². The molecule has 19 heavy (non-hydrogen) atoms. The standard InChI is InChI=1S/C16H14O3/c1-11-4-2-5-12(8-11)9-15(16(18)19)13-6-3-7-14(17)10-13/h2-10,17H,1H3,(H,18,19)/b15-9-. The second kappa shape index (κ2) is 5.40. The molecule has 0 atom stereocenters. The average molecular weight is 254 g/mol. The highest BCUT2D eigenvalue weighted by atomic mass is 16.4. The molecule has 0 aromatic heterocycles. The lowest BCUT2D eigenvalue weighted by molar-refractivity contribution is -0.130. The molecule has 0 unspecified atom stereocenters. The molecule has 2 N–H and O–H groups in total. The molecule has 3 heteroatoms. The molecule has 0 fully saturated rings. The summed E-state index contributed by atoms with van der Waals surface area (Å²) in [6.07, 6.45) is 1.60. The van der Waals surface area contributed by atoms with Gasteiger partial charge in [0.15, 0.2) is 0 Å². The van der Waals surface area contributed by atoms with Crippen molar-refractivity contribution in [3.63, 3.8) is 0 Å². The Kier molecular flexibility index (Phi) is 3.66. The second-order valence-corrected chi connectivity index (χ2v) is 4.33. The minimum absolute atomic E-state index is 0.0499. The number of carboxylic acid groups (broad SMARTS) is 1. The summed E-state index contributed by atoms with van der Waals surface area (Å²) in [5, 5.41) is 18.7. The number of benzene rings is 2. The first-order chi connectivity index (χ1) is 9.06. The van der Waals surface area contributed by atoms with Gasteiger partial charge in [0.25, 0.3) is 0 Å². The van der Waals surface area contributed by atoms with Gasteiger partial charge < -0.3 is 10.2 Å². The maximum atomic E-state index is 11.4. The molecule has 0 amide bonds. The van der Waals surface area contributed by atoms with Crippen LogP contribution in [-0.2, 0) is 4.79 Å². The van der Waals surface area contributed by atoms with Gasteiger partial charge in [-0.1, -0.05) is 42.0 Å². The van der Waals surface area contributed by atoms with E-state index in [1.54, 1.807) is 18.2 Å². The van der Waals surface area contributed by atoms with Gasteiger partial charge in [-0.3, -0.25) is 0 Å². The maximum Gasteiger partial charge on any atom is 0.336 e. The van der Waals surface area contributed by atoms with Crippen molar-refractivity contribution in [2.24, 2.45) is 0 Å². The largest absolute Gasteiger partial charge is 0.508 e. The zero-order valence-electron chi connectivity index (χ0n) is 10.5. The van der Waals surface area contributed by atoms with Crippen LogP contribution in [0.25, 0.3) is 11.6 Å². The van der Waals surface area contributed by atoms with E-state index in [1.165, 1.54) is 12.1 Å². The molecule has 3 nitrogen and oxygen atoms in total. The Morgan fingerprint density at radius 2 is 1.84 bits per heavy atom. The number of carboxylic acids is 1. The number of hydrogen-bond acceptors (Lipinski definition) is 2. The van der Waals surface area contributed by atoms with Crippen LogP contribution in [0.2, 0.25) is 0 Å². The van der Waals surface area contributed by atoms with E-state index in [2.05, 4.69) is 0 Å². The zero-order valence-corrected chi connectivity index (χ0v) is 10.5. The average Bonchev–Trinajstić information content (AvgIpc) is 2.35. The van der Waals surface area contributed by atoms with Crippen LogP contribution in [-0.4, -0.2) is 16.2 Å². The van der Waals surface area contributed by atoms with E-state index in [0.717, 1.165) is 11.1 Å². The van der Waals surface area contributed by atoms with E-state index in [0.29, 0.717) is 5.56 Å². The van der Waals surface area contributed by atoms with Gasteiger partial charge in [-0.25, -0.2) is 4.79 Å². The Hall–Kier alpha value is -2.55. The summed E-state index contributed by atoms with van der Waals surface area (Å²) in [7, 11) is 0. The van der Waals surface area contributed by atoms with Crippen LogP contribution in [0.1, 0.15) is 16.7 Å². The van der Waals surface area contributed by atoms with Crippen LogP contribution in [0, 0.1) is 6.92 Å². The molecule has 0 bridgehead atoms. The summed E-state index contributed by atoms with van der Waals surface area (Å²) in [5.41, 5.74) is 2.52. The van der Waals surface area contributed by atoms with E-state index in [1.807, 2.05) is 31.2 Å². The summed E-state index contributed by atoms with van der Waals surface area (Å²) < 4.78 is 0. The number of hydrogen-bond donors (Lipinski definition) is 2. The van der Waals surface area contributed by atoms with Crippen molar-refractivity contribution in [3.05, 3.63) is 65.2 Å². The molecule has 2 rings (SSSR count). The van der Waals surface area contributed by atoms with Crippen molar-refractivity contribution in [2.45, 2.75) is 6.92 Å². The smallest absolute Gasteiger partial charge is 0.336 e. The van der Waals surface area contributed by atoms with E-state index in [9.17, 15) is 15.0 Å². The van der Waals surface area contributed by atoms with Crippen molar-refractivity contribution >= 4 is 17.6 Å². The number of rotatable bonds is 3. The first-order valence-electron chi connectivity index (χ1n) is 5.87. The van der Waals surface area contributed by atoms with Crippen LogP contribution >= 0.6 is 0 Å². The third-order valence-electron chi connectivity index (χ3n) is 2.74. The predicted molar refractivity (Wildman–Crippen MR) is 74.8 cm³/mol. The molecule has 0 spiro atoms. The first kappa shape index (κ1) is 12.9. The molecular weight excluding hydrogens is 240 g/mol. The lowest BCUT2D eigenvalue weighted by Gasteiger charge is -2.04. The highest BCUT2D eigenvalue weighted by Gasteiger charge is 2.10. The molecule has 2 aromatic rings. The Balaban J connectivity index is 2.49. The molecule has 0 aliphatic heterocycles. The van der Waals surface area contributed by atoms with Crippen LogP contribution in [0.5, 0.6) is 5.75 Å². The van der Waals surface area contributed by atoms with Crippen molar-refractivity contribution in [1.82, 2.24) is 0 Å². The van der Waals surface area contributed by atoms with E-state index in [4.69, 9.17) is 0 Å². The third kappa shape index (κ3) is 3.22. The molecule has 0 aliphatic carbocycles. The molecular formula is C16H14O3. The third-order valence-corrected chi connectivity index (χ3v) is 2.74. The maximum absolute atomic E-state index is 11.4. The fraction of sp³-hybridized carbons (Fsp3) is 0.0625. The van der Waals surface area contributed by atoms with Crippen molar-refractivity contribution < 1.29 is 15.0 Å². The molecule has 2 aromatic carbocycles. The van der Waals surface area contributed by atoms with E-state index in [-0.39, 0.29) is 11.3 Å².